The first kappa shape index (κ1) is 17.5. The van der Waals surface area contributed by atoms with Crippen LogP contribution < -0.4 is 9.46 Å². The second-order valence-corrected chi connectivity index (χ2v) is 8.74. The Labute approximate surface area is 151 Å². The number of benzene rings is 2. The molecule has 1 N–H and O–H groups in total. The number of sulfonamides is 1. The second-order valence-electron chi connectivity index (χ2n) is 6.14. The molecule has 1 atom stereocenters. The van der Waals surface area contributed by atoms with Gasteiger partial charge in [0.15, 0.2) is 0 Å². The Morgan fingerprint density at radius 3 is 2.42 bits per heavy atom. The molecule has 128 valence electrons. The average molecular weight is 410 g/mol. The lowest BCUT2D eigenvalue weighted by molar-refractivity contribution is 0.401. The monoisotopic (exact) mass is 409 g/mol. The number of ether oxygens (including phenoxy) is 1. The van der Waals surface area contributed by atoms with Crippen LogP contribution in [-0.2, 0) is 10.0 Å². The van der Waals surface area contributed by atoms with Gasteiger partial charge >= 0.3 is 0 Å². The van der Waals surface area contributed by atoms with Gasteiger partial charge in [-0.3, -0.25) is 0 Å². The van der Waals surface area contributed by atoms with Gasteiger partial charge in [0, 0.05) is 10.5 Å². The third kappa shape index (κ3) is 3.82. The third-order valence-corrected chi connectivity index (χ3v) is 6.18. The molecule has 0 saturated heterocycles. The van der Waals surface area contributed by atoms with E-state index in [1.165, 1.54) is 7.11 Å². The molecule has 1 aliphatic rings. The Balaban J connectivity index is 1.94. The minimum absolute atomic E-state index is 0.150. The first-order valence-corrected chi connectivity index (χ1v) is 10.1. The summed E-state index contributed by atoms with van der Waals surface area (Å²) in [7, 11) is -2.22. The molecule has 1 aliphatic carbocycles. The fourth-order valence-corrected chi connectivity index (χ4v) is 4.73. The Morgan fingerprint density at radius 1 is 1.17 bits per heavy atom. The van der Waals surface area contributed by atoms with Gasteiger partial charge in [-0.15, -0.1) is 0 Å². The van der Waals surface area contributed by atoms with E-state index in [0.717, 1.165) is 24.0 Å². The van der Waals surface area contributed by atoms with Crippen molar-refractivity contribution >= 4 is 26.0 Å². The van der Waals surface area contributed by atoms with E-state index in [9.17, 15) is 8.42 Å². The summed E-state index contributed by atoms with van der Waals surface area (Å²) in [6.07, 6.45) is 2.08. The highest BCUT2D eigenvalue weighted by atomic mass is 79.9. The quantitative estimate of drug-likeness (QED) is 0.777. The van der Waals surface area contributed by atoms with E-state index >= 15 is 0 Å². The van der Waals surface area contributed by atoms with Crippen LogP contribution in [0.4, 0.5) is 0 Å². The molecule has 1 saturated carbocycles. The smallest absolute Gasteiger partial charge is 0.244 e. The molecule has 24 heavy (non-hydrogen) atoms. The van der Waals surface area contributed by atoms with Crippen molar-refractivity contribution in [2.75, 3.05) is 7.11 Å². The summed E-state index contributed by atoms with van der Waals surface area (Å²) in [5, 5.41) is 0. The van der Waals surface area contributed by atoms with Gasteiger partial charge in [0.05, 0.1) is 7.11 Å². The van der Waals surface area contributed by atoms with E-state index < -0.39 is 10.0 Å². The number of hydrogen-bond donors (Lipinski definition) is 1. The second kappa shape index (κ2) is 6.86. The fourth-order valence-electron chi connectivity index (χ4n) is 2.73. The van der Waals surface area contributed by atoms with E-state index in [1.54, 1.807) is 18.2 Å². The summed E-state index contributed by atoms with van der Waals surface area (Å²) in [6.45, 7) is 2.02. The molecule has 3 rings (SSSR count). The highest BCUT2D eigenvalue weighted by Gasteiger charge is 2.36. The molecule has 0 radical (unpaired) electrons. The first-order chi connectivity index (χ1) is 11.4. The minimum atomic E-state index is -3.69. The van der Waals surface area contributed by atoms with Gasteiger partial charge in [-0.2, -0.15) is 0 Å². The summed E-state index contributed by atoms with van der Waals surface area (Å²) in [5.74, 6) is 0.685. The molecule has 2 aromatic carbocycles. The van der Waals surface area contributed by atoms with Crippen molar-refractivity contribution in [3.8, 4) is 5.75 Å². The van der Waals surface area contributed by atoms with Crippen molar-refractivity contribution in [1.29, 1.82) is 0 Å². The summed E-state index contributed by atoms with van der Waals surface area (Å²) in [5.41, 5.74) is 2.16. The maximum atomic E-state index is 12.9. The number of hydrogen-bond acceptors (Lipinski definition) is 3. The fraction of sp³-hybridized carbons (Fsp3) is 0.333. The zero-order valence-corrected chi connectivity index (χ0v) is 16.0. The van der Waals surface area contributed by atoms with Crippen LogP contribution in [-0.4, -0.2) is 15.5 Å². The summed E-state index contributed by atoms with van der Waals surface area (Å²) < 4.78 is 34.7. The van der Waals surface area contributed by atoms with Crippen LogP contribution in [0.25, 0.3) is 0 Å². The van der Waals surface area contributed by atoms with E-state index in [1.807, 2.05) is 31.2 Å². The maximum absolute atomic E-state index is 12.9. The highest BCUT2D eigenvalue weighted by Crippen LogP contribution is 2.42. The van der Waals surface area contributed by atoms with Crippen LogP contribution in [0.1, 0.15) is 30.0 Å². The van der Waals surface area contributed by atoms with E-state index in [0.29, 0.717) is 16.1 Å². The van der Waals surface area contributed by atoms with Crippen LogP contribution in [0, 0.1) is 12.8 Å². The molecule has 0 aliphatic heterocycles. The minimum Gasteiger partial charge on any atom is -0.495 e. The van der Waals surface area contributed by atoms with Crippen LogP contribution in [0.3, 0.4) is 0 Å². The lowest BCUT2D eigenvalue weighted by Gasteiger charge is -2.20. The highest BCUT2D eigenvalue weighted by molar-refractivity contribution is 9.10. The Kier molecular flexibility index (Phi) is 4.99. The predicted molar refractivity (Wildman–Crippen MR) is 97.7 cm³/mol. The Hall–Kier alpha value is -1.37. The van der Waals surface area contributed by atoms with Gasteiger partial charge in [-0.1, -0.05) is 45.8 Å². The molecular formula is C18H20BrNO3S. The lowest BCUT2D eigenvalue weighted by Crippen LogP contribution is -2.30. The summed E-state index contributed by atoms with van der Waals surface area (Å²) in [6, 6.07) is 12.8. The van der Waals surface area contributed by atoms with E-state index in [-0.39, 0.29) is 10.9 Å². The van der Waals surface area contributed by atoms with Crippen molar-refractivity contribution in [2.45, 2.75) is 30.7 Å². The van der Waals surface area contributed by atoms with Crippen molar-refractivity contribution < 1.29 is 13.2 Å². The summed E-state index contributed by atoms with van der Waals surface area (Å²) >= 11 is 3.33. The molecule has 1 unspecified atom stereocenters. The number of methoxy groups -OCH3 is 1. The molecule has 0 aromatic heterocycles. The molecule has 2 aromatic rings. The van der Waals surface area contributed by atoms with Crippen LogP contribution >= 0.6 is 15.9 Å². The standard InChI is InChI=1S/C18H20BrNO3S/c1-12-3-5-13(6-4-12)18(14-7-8-14)20-24(21,22)17-11-15(19)9-10-16(17)23-2/h3-6,9-11,14,18,20H,7-8H2,1-2H3. The number of rotatable bonds is 6. The molecule has 0 heterocycles. The maximum Gasteiger partial charge on any atom is 0.244 e. The molecule has 4 nitrogen and oxygen atoms in total. The SMILES string of the molecule is COc1ccc(Br)cc1S(=O)(=O)NC(c1ccc(C)cc1)C1CC1. The van der Waals surface area contributed by atoms with Crippen LogP contribution in [0.5, 0.6) is 5.75 Å². The van der Waals surface area contributed by atoms with Crippen LogP contribution in [0.2, 0.25) is 0 Å². The molecule has 0 bridgehead atoms. The predicted octanol–water partition coefficient (Wildman–Crippen LogP) is 4.20. The molecular weight excluding hydrogens is 390 g/mol. The number of nitrogens with one attached hydrogen (secondary N) is 1. The van der Waals surface area contributed by atoms with Crippen molar-refractivity contribution in [2.24, 2.45) is 5.92 Å². The zero-order chi connectivity index (χ0) is 17.3. The molecule has 6 heteroatoms. The van der Waals surface area contributed by atoms with Gasteiger partial charge in [0.1, 0.15) is 10.6 Å². The van der Waals surface area contributed by atoms with Crippen molar-refractivity contribution in [1.82, 2.24) is 4.72 Å². The van der Waals surface area contributed by atoms with E-state index in [4.69, 9.17) is 4.74 Å². The van der Waals surface area contributed by atoms with Gasteiger partial charge in [0.25, 0.3) is 0 Å². The largest absolute Gasteiger partial charge is 0.495 e. The third-order valence-electron chi connectivity index (χ3n) is 4.23. The van der Waals surface area contributed by atoms with Gasteiger partial charge in [-0.25, -0.2) is 13.1 Å². The van der Waals surface area contributed by atoms with Crippen LogP contribution in [0.15, 0.2) is 51.8 Å². The van der Waals surface area contributed by atoms with Crippen molar-refractivity contribution in [3.63, 3.8) is 0 Å². The zero-order valence-electron chi connectivity index (χ0n) is 13.6. The molecule has 0 amide bonds. The summed E-state index contributed by atoms with van der Waals surface area (Å²) in [4.78, 5) is 0.150. The lowest BCUT2D eigenvalue weighted by atomic mass is 10.0. The van der Waals surface area contributed by atoms with Crippen molar-refractivity contribution in [3.05, 3.63) is 58.1 Å². The Bertz CT molecular complexity index is 830. The average Bonchev–Trinajstić information content (AvgIpc) is 3.38. The molecule has 1 fully saturated rings. The van der Waals surface area contributed by atoms with Gasteiger partial charge in [0.2, 0.25) is 10.0 Å². The Morgan fingerprint density at radius 2 is 1.83 bits per heavy atom. The van der Waals surface area contributed by atoms with Gasteiger partial charge in [-0.05, 0) is 49.4 Å². The van der Waals surface area contributed by atoms with E-state index in [2.05, 4.69) is 20.7 Å². The number of halogens is 1. The first-order valence-electron chi connectivity index (χ1n) is 7.83. The topological polar surface area (TPSA) is 55.4 Å². The molecule has 0 spiro atoms. The normalized spacial score (nSPS) is 16.0. The number of aryl methyl sites for hydroxylation is 1. The van der Waals surface area contributed by atoms with Gasteiger partial charge < -0.3 is 4.74 Å².